The molecule has 22 heavy (non-hydrogen) atoms. The topological polar surface area (TPSA) is 29.1 Å². The summed E-state index contributed by atoms with van der Waals surface area (Å²) in [5.74, 6) is 0.403. The molecule has 4 rings (SSSR count). The third-order valence-corrected chi connectivity index (χ3v) is 5.04. The number of anilines is 1. The van der Waals surface area contributed by atoms with Crippen LogP contribution in [0.4, 0.5) is 5.69 Å². The summed E-state index contributed by atoms with van der Waals surface area (Å²) in [6, 6.07) is 14.9. The van der Waals surface area contributed by atoms with Gasteiger partial charge in [-0.15, -0.1) is 0 Å². The maximum absolute atomic E-state index is 12.4. The maximum Gasteiger partial charge on any atom is 0.227 e. The van der Waals surface area contributed by atoms with Crippen molar-refractivity contribution in [2.24, 2.45) is 5.92 Å². The van der Waals surface area contributed by atoms with Crippen LogP contribution in [0.15, 0.2) is 42.5 Å². The van der Waals surface area contributed by atoms with Gasteiger partial charge in [0.05, 0.1) is 0 Å². The number of benzene rings is 2. The zero-order chi connectivity index (χ0) is 14.9. The predicted molar refractivity (Wildman–Crippen MR) is 89.9 cm³/mol. The van der Waals surface area contributed by atoms with Crippen LogP contribution >= 0.6 is 0 Å². The minimum atomic E-state index is 0.200. The van der Waals surface area contributed by atoms with Crippen molar-refractivity contribution in [2.75, 3.05) is 5.32 Å². The van der Waals surface area contributed by atoms with Gasteiger partial charge in [-0.25, -0.2) is 0 Å². The molecule has 0 radical (unpaired) electrons. The number of rotatable bonds is 2. The van der Waals surface area contributed by atoms with E-state index in [2.05, 4.69) is 41.7 Å². The van der Waals surface area contributed by atoms with Crippen LogP contribution < -0.4 is 5.32 Å². The normalized spacial score (nSPS) is 16.9. The zero-order valence-electron chi connectivity index (χ0n) is 12.8. The van der Waals surface area contributed by atoms with Crippen molar-refractivity contribution in [3.05, 3.63) is 53.6 Å². The molecule has 2 nitrogen and oxygen atoms in total. The second kappa shape index (κ2) is 5.60. The van der Waals surface area contributed by atoms with Crippen LogP contribution in [0, 0.1) is 5.92 Å². The summed E-state index contributed by atoms with van der Waals surface area (Å²) in [5.41, 5.74) is 6.26. The second-order valence-corrected chi connectivity index (χ2v) is 6.53. The lowest BCUT2D eigenvalue weighted by Crippen LogP contribution is -2.24. The monoisotopic (exact) mass is 291 g/mol. The van der Waals surface area contributed by atoms with Gasteiger partial charge in [-0.2, -0.15) is 0 Å². The van der Waals surface area contributed by atoms with Gasteiger partial charge in [-0.05, 0) is 53.6 Å². The summed E-state index contributed by atoms with van der Waals surface area (Å²) in [5, 5.41) is 3.13. The first-order valence-electron chi connectivity index (χ1n) is 8.33. The van der Waals surface area contributed by atoms with Gasteiger partial charge in [0.25, 0.3) is 0 Å². The summed E-state index contributed by atoms with van der Waals surface area (Å²) >= 11 is 0. The lowest BCUT2D eigenvalue weighted by Gasteiger charge is -2.21. The summed E-state index contributed by atoms with van der Waals surface area (Å²) in [6.07, 6.45) is 6.74. The van der Waals surface area contributed by atoms with Crippen molar-refractivity contribution >= 4 is 11.6 Å². The second-order valence-electron chi connectivity index (χ2n) is 6.53. The Labute approximate surface area is 131 Å². The van der Waals surface area contributed by atoms with E-state index in [4.69, 9.17) is 0 Å². The molecule has 112 valence electrons. The van der Waals surface area contributed by atoms with Gasteiger partial charge in [0, 0.05) is 11.6 Å². The molecule has 1 amide bonds. The number of hydrogen-bond donors (Lipinski definition) is 1. The van der Waals surface area contributed by atoms with Crippen LogP contribution in [0.1, 0.15) is 43.2 Å². The average molecular weight is 291 g/mol. The predicted octanol–water partition coefficient (Wildman–Crippen LogP) is 4.78. The quantitative estimate of drug-likeness (QED) is 0.723. The molecule has 0 aromatic heterocycles. The highest BCUT2D eigenvalue weighted by atomic mass is 16.1. The Morgan fingerprint density at radius 2 is 1.68 bits per heavy atom. The molecular weight excluding hydrogens is 270 g/mol. The van der Waals surface area contributed by atoms with E-state index in [1.807, 2.05) is 6.07 Å². The number of nitrogens with one attached hydrogen (secondary N) is 1. The number of fused-ring (bicyclic) bond motifs is 3. The molecule has 0 saturated heterocycles. The first-order valence-corrected chi connectivity index (χ1v) is 8.33. The first kappa shape index (κ1) is 13.6. The molecule has 2 aromatic rings. The molecule has 0 bridgehead atoms. The van der Waals surface area contributed by atoms with Crippen molar-refractivity contribution in [2.45, 2.75) is 38.5 Å². The molecule has 0 spiro atoms. The fraction of sp³-hybridized carbons (Fsp3) is 0.350. The number of amides is 1. The van der Waals surface area contributed by atoms with E-state index >= 15 is 0 Å². The molecule has 2 aliphatic carbocycles. The highest BCUT2D eigenvalue weighted by Crippen LogP contribution is 2.38. The molecule has 1 saturated carbocycles. The summed E-state index contributed by atoms with van der Waals surface area (Å²) in [4.78, 5) is 12.4. The molecule has 1 N–H and O–H groups in total. The largest absolute Gasteiger partial charge is 0.326 e. The van der Waals surface area contributed by atoms with Gasteiger partial charge in [0.1, 0.15) is 0 Å². The van der Waals surface area contributed by atoms with Crippen molar-refractivity contribution < 1.29 is 4.79 Å². The molecule has 0 heterocycles. The van der Waals surface area contributed by atoms with Gasteiger partial charge in [-0.3, -0.25) is 4.79 Å². The molecule has 0 aliphatic heterocycles. The summed E-state index contributed by atoms with van der Waals surface area (Å²) in [7, 11) is 0. The van der Waals surface area contributed by atoms with Crippen LogP contribution in [0.3, 0.4) is 0 Å². The number of carbonyl (C=O) groups excluding carboxylic acids is 1. The molecule has 1 fully saturated rings. The highest BCUT2D eigenvalue weighted by Gasteiger charge is 2.22. The van der Waals surface area contributed by atoms with Crippen LogP contribution in [-0.4, -0.2) is 5.91 Å². The third-order valence-electron chi connectivity index (χ3n) is 5.04. The van der Waals surface area contributed by atoms with E-state index in [0.717, 1.165) is 24.9 Å². The Hall–Kier alpha value is -2.09. The Morgan fingerprint density at radius 3 is 2.55 bits per heavy atom. The third kappa shape index (κ3) is 2.43. The minimum Gasteiger partial charge on any atom is -0.326 e. The van der Waals surface area contributed by atoms with E-state index in [1.165, 1.54) is 41.5 Å². The molecule has 2 aromatic carbocycles. The lowest BCUT2D eigenvalue weighted by molar-refractivity contribution is -0.120. The Morgan fingerprint density at radius 1 is 0.909 bits per heavy atom. The van der Waals surface area contributed by atoms with Crippen LogP contribution in [0.2, 0.25) is 0 Å². The highest BCUT2D eigenvalue weighted by molar-refractivity contribution is 5.94. The van der Waals surface area contributed by atoms with E-state index in [9.17, 15) is 4.79 Å². The zero-order valence-corrected chi connectivity index (χ0v) is 12.8. The maximum atomic E-state index is 12.4. The van der Waals surface area contributed by atoms with Gasteiger partial charge in [0.15, 0.2) is 0 Å². The molecular formula is C20H21NO. The summed E-state index contributed by atoms with van der Waals surface area (Å²) < 4.78 is 0. The number of hydrogen-bond acceptors (Lipinski definition) is 1. The van der Waals surface area contributed by atoms with Gasteiger partial charge in [0.2, 0.25) is 5.91 Å². The average Bonchev–Trinajstić information content (AvgIpc) is 2.94. The first-order chi connectivity index (χ1) is 10.8. The SMILES string of the molecule is O=C(Nc1ccc2c(c1)-c1ccccc1C2)C1CCCCC1. The molecule has 2 aliphatic rings. The van der Waals surface area contributed by atoms with E-state index in [-0.39, 0.29) is 11.8 Å². The van der Waals surface area contributed by atoms with Crippen molar-refractivity contribution in [1.29, 1.82) is 0 Å². The van der Waals surface area contributed by atoms with Gasteiger partial charge < -0.3 is 5.32 Å². The van der Waals surface area contributed by atoms with E-state index in [1.54, 1.807) is 0 Å². The smallest absolute Gasteiger partial charge is 0.227 e. The van der Waals surface area contributed by atoms with Crippen LogP contribution in [0.25, 0.3) is 11.1 Å². The molecule has 0 atom stereocenters. The van der Waals surface area contributed by atoms with Gasteiger partial charge in [-0.1, -0.05) is 49.6 Å². The molecule has 2 heteroatoms. The van der Waals surface area contributed by atoms with E-state index < -0.39 is 0 Å². The standard InChI is InChI=1S/C20H21NO/c22-20(14-6-2-1-3-7-14)21-17-11-10-16-12-15-8-4-5-9-18(15)19(16)13-17/h4-5,8-11,13-14H,1-3,6-7,12H2,(H,21,22). The van der Waals surface area contributed by atoms with Crippen molar-refractivity contribution in [3.63, 3.8) is 0 Å². The minimum absolute atomic E-state index is 0.200. The van der Waals surface area contributed by atoms with Gasteiger partial charge >= 0.3 is 0 Å². The Bertz CT molecular complexity index is 713. The van der Waals surface area contributed by atoms with Crippen LogP contribution in [-0.2, 0) is 11.2 Å². The lowest BCUT2D eigenvalue weighted by atomic mass is 9.88. The Kier molecular flexibility index (Phi) is 3.45. The van der Waals surface area contributed by atoms with Crippen molar-refractivity contribution in [1.82, 2.24) is 0 Å². The fourth-order valence-corrected chi connectivity index (χ4v) is 3.81. The Balaban J connectivity index is 1.56. The van der Waals surface area contributed by atoms with Crippen LogP contribution in [0.5, 0.6) is 0 Å². The number of carbonyl (C=O) groups is 1. The summed E-state index contributed by atoms with van der Waals surface area (Å²) in [6.45, 7) is 0. The fourth-order valence-electron chi connectivity index (χ4n) is 3.81. The molecule has 0 unspecified atom stereocenters. The van der Waals surface area contributed by atoms with E-state index in [0.29, 0.717) is 0 Å². The van der Waals surface area contributed by atoms with Crippen molar-refractivity contribution in [3.8, 4) is 11.1 Å².